The Hall–Kier alpha value is -1.51. The molecule has 0 aliphatic carbocycles. The second-order valence-electron chi connectivity index (χ2n) is 4.43. The highest BCUT2D eigenvalue weighted by Crippen LogP contribution is 2.29. The van der Waals surface area contributed by atoms with Gasteiger partial charge in [-0.1, -0.05) is 31.2 Å². The first-order valence-corrected chi connectivity index (χ1v) is 6.25. The van der Waals surface area contributed by atoms with Gasteiger partial charge >= 0.3 is 6.09 Å². The Morgan fingerprint density at radius 2 is 2.24 bits per heavy atom. The van der Waals surface area contributed by atoms with E-state index in [1.807, 2.05) is 17.9 Å². The molecule has 0 radical (unpaired) electrons. The lowest BCUT2D eigenvalue weighted by Gasteiger charge is -2.34. The minimum Gasteiger partial charge on any atom is -0.449 e. The summed E-state index contributed by atoms with van der Waals surface area (Å²) >= 11 is 0. The number of ether oxygens (including phenoxy) is 1. The number of hydrogen-bond donors (Lipinski definition) is 0. The molecule has 1 amide bonds. The molecule has 2 rings (SSSR count). The van der Waals surface area contributed by atoms with Gasteiger partial charge in [-0.15, -0.1) is 0 Å². The average molecular weight is 233 g/mol. The van der Waals surface area contributed by atoms with E-state index in [4.69, 9.17) is 4.74 Å². The van der Waals surface area contributed by atoms with Crippen LogP contribution in [0.5, 0.6) is 0 Å². The maximum atomic E-state index is 11.9. The molecule has 3 heteroatoms. The van der Waals surface area contributed by atoms with E-state index in [0.29, 0.717) is 6.61 Å². The van der Waals surface area contributed by atoms with Gasteiger partial charge in [0.1, 0.15) is 0 Å². The van der Waals surface area contributed by atoms with Gasteiger partial charge < -0.3 is 9.64 Å². The maximum Gasteiger partial charge on any atom is 0.410 e. The largest absolute Gasteiger partial charge is 0.449 e. The number of rotatable bonds is 2. The third kappa shape index (κ3) is 2.43. The van der Waals surface area contributed by atoms with E-state index in [2.05, 4.69) is 25.1 Å². The quantitative estimate of drug-likeness (QED) is 0.785. The zero-order valence-electron chi connectivity index (χ0n) is 10.5. The molecule has 0 spiro atoms. The molecule has 0 saturated carbocycles. The first kappa shape index (κ1) is 12.0. The number of amides is 1. The fourth-order valence-electron chi connectivity index (χ4n) is 2.29. The standard InChI is InChI=1S/C14H19NO2/c1-3-10-17-14(16)15-9-8-12-6-4-5-7-13(12)11(15)2/h4-7,11H,3,8-10H2,1-2H3/t11-/m1/s1. The van der Waals surface area contributed by atoms with Crippen LogP contribution in [0.3, 0.4) is 0 Å². The highest BCUT2D eigenvalue weighted by Gasteiger charge is 2.27. The molecular weight excluding hydrogens is 214 g/mol. The molecule has 17 heavy (non-hydrogen) atoms. The fourth-order valence-corrected chi connectivity index (χ4v) is 2.29. The van der Waals surface area contributed by atoms with Crippen LogP contribution in [0.15, 0.2) is 24.3 Å². The lowest BCUT2D eigenvalue weighted by Crippen LogP contribution is -2.39. The summed E-state index contributed by atoms with van der Waals surface area (Å²) in [6, 6.07) is 8.43. The summed E-state index contributed by atoms with van der Waals surface area (Å²) in [6.07, 6.45) is 1.60. The SMILES string of the molecule is CCCOC(=O)N1CCc2ccccc2[C@H]1C. The normalized spacial score (nSPS) is 18.7. The number of benzene rings is 1. The van der Waals surface area contributed by atoms with Gasteiger partial charge in [0.2, 0.25) is 0 Å². The summed E-state index contributed by atoms with van der Waals surface area (Å²) in [5.74, 6) is 0. The molecular formula is C14H19NO2. The average Bonchev–Trinajstić information content (AvgIpc) is 2.37. The van der Waals surface area contributed by atoms with Crippen LogP contribution in [0.1, 0.15) is 37.4 Å². The fraction of sp³-hybridized carbons (Fsp3) is 0.500. The molecule has 1 atom stereocenters. The van der Waals surface area contributed by atoms with Gasteiger partial charge in [-0.25, -0.2) is 4.79 Å². The van der Waals surface area contributed by atoms with Crippen molar-refractivity contribution >= 4 is 6.09 Å². The summed E-state index contributed by atoms with van der Waals surface area (Å²) < 4.78 is 5.20. The second kappa shape index (κ2) is 5.21. The van der Waals surface area contributed by atoms with E-state index in [-0.39, 0.29) is 12.1 Å². The van der Waals surface area contributed by atoms with Crippen molar-refractivity contribution in [3.8, 4) is 0 Å². The molecule has 0 saturated heterocycles. The van der Waals surface area contributed by atoms with Gasteiger partial charge in [-0.3, -0.25) is 0 Å². The number of carbonyl (C=O) groups is 1. The third-order valence-corrected chi connectivity index (χ3v) is 3.26. The number of fused-ring (bicyclic) bond motifs is 1. The number of carbonyl (C=O) groups excluding carboxylic acids is 1. The molecule has 0 aromatic heterocycles. The molecule has 92 valence electrons. The van der Waals surface area contributed by atoms with Crippen molar-refractivity contribution in [1.29, 1.82) is 0 Å². The molecule has 1 aliphatic rings. The maximum absolute atomic E-state index is 11.9. The predicted molar refractivity (Wildman–Crippen MR) is 66.9 cm³/mol. The lowest BCUT2D eigenvalue weighted by molar-refractivity contribution is 0.0860. The Morgan fingerprint density at radius 3 is 3.00 bits per heavy atom. The minimum absolute atomic E-state index is 0.115. The number of hydrogen-bond acceptors (Lipinski definition) is 2. The lowest BCUT2D eigenvalue weighted by atomic mass is 9.94. The minimum atomic E-state index is -0.186. The second-order valence-corrected chi connectivity index (χ2v) is 4.43. The smallest absolute Gasteiger partial charge is 0.410 e. The first-order chi connectivity index (χ1) is 8.24. The first-order valence-electron chi connectivity index (χ1n) is 6.25. The molecule has 1 heterocycles. The van der Waals surface area contributed by atoms with Crippen molar-refractivity contribution in [2.75, 3.05) is 13.2 Å². The Labute approximate surface area is 102 Å². The molecule has 0 bridgehead atoms. The monoisotopic (exact) mass is 233 g/mol. The van der Waals surface area contributed by atoms with Crippen LogP contribution < -0.4 is 0 Å². The predicted octanol–water partition coefficient (Wildman–Crippen LogP) is 3.15. The van der Waals surface area contributed by atoms with Crippen LogP contribution in [0.25, 0.3) is 0 Å². The molecule has 1 aliphatic heterocycles. The Kier molecular flexibility index (Phi) is 3.67. The van der Waals surface area contributed by atoms with Crippen LogP contribution in [0, 0.1) is 0 Å². The third-order valence-electron chi connectivity index (χ3n) is 3.26. The summed E-state index contributed by atoms with van der Waals surface area (Å²) in [6.45, 7) is 5.32. The molecule has 1 aromatic carbocycles. The van der Waals surface area contributed by atoms with Crippen molar-refractivity contribution in [2.45, 2.75) is 32.7 Å². The van der Waals surface area contributed by atoms with Gasteiger partial charge in [0.05, 0.1) is 12.6 Å². The zero-order chi connectivity index (χ0) is 12.3. The molecule has 1 aromatic rings. The van der Waals surface area contributed by atoms with Gasteiger partial charge in [0.15, 0.2) is 0 Å². The van der Waals surface area contributed by atoms with Crippen LogP contribution in [-0.4, -0.2) is 24.1 Å². The van der Waals surface area contributed by atoms with Crippen molar-refractivity contribution < 1.29 is 9.53 Å². The van der Waals surface area contributed by atoms with Crippen LogP contribution in [-0.2, 0) is 11.2 Å². The highest BCUT2D eigenvalue weighted by atomic mass is 16.6. The van der Waals surface area contributed by atoms with E-state index in [1.54, 1.807) is 0 Å². The van der Waals surface area contributed by atoms with Crippen LogP contribution in [0.4, 0.5) is 4.79 Å². The summed E-state index contributed by atoms with van der Waals surface area (Å²) in [4.78, 5) is 13.7. The van der Waals surface area contributed by atoms with Gasteiger partial charge in [-0.05, 0) is 30.9 Å². The molecule has 0 unspecified atom stereocenters. The van der Waals surface area contributed by atoms with E-state index in [1.165, 1.54) is 11.1 Å². The Bertz CT molecular complexity index is 403. The van der Waals surface area contributed by atoms with E-state index < -0.39 is 0 Å². The summed E-state index contributed by atoms with van der Waals surface area (Å²) in [5.41, 5.74) is 2.59. The van der Waals surface area contributed by atoms with Gasteiger partial charge in [0, 0.05) is 6.54 Å². The summed E-state index contributed by atoms with van der Waals surface area (Å²) in [7, 11) is 0. The topological polar surface area (TPSA) is 29.5 Å². The van der Waals surface area contributed by atoms with Gasteiger partial charge in [0.25, 0.3) is 0 Å². The Balaban J connectivity index is 2.11. The molecule has 0 N–H and O–H groups in total. The van der Waals surface area contributed by atoms with E-state index in [9.17, 15) is 4.79 Å². The van der Waals surface area contributed by atoms with Crippen molar-refractivity contribution in [2.24, 2.45) is 0 Å². The number of nitrogens with zero attached hydrogens (tertiary/aromatic N) is 1. The van der Waals surface area contributed by atoms with Crippen molar-refractivity contribution in [3.63, 3.8) is 0 Å². The van der Waals surface area contributed by atoms with Crippen molar-refractivity contribution in [1.82, 2.24) is 4.90 Å². The van der Waals surface area contributed by atoms with Crippen LogP contribution in [0.2, 0.25) is 0 Å². The zero-order valence-corrected chi connectivity index (χ0v) is 10.5. The molecule has 3 nitrogen and oxygen atoms in total. The van der Waals surface area contributed by atoms with E-state index >= 15 is 0 Å². The Morgan fingerprint density at radius 1 is 1.47 bits per heavy atom. The molecule has 0 fully saturated rings. The van der Waals surface area contributed by atoms with Crippen molar-refractivity contribution in [3.05, 3.63) is 35.4 Å². The summed E-state index contributed by atoms with van der Waals surface area (Å²) in [5, 5.41) is 0. The van der Waals surface area contributed by atoms with Crippen LogP contribution >= 0.6 is 0 Å². The highest BCUT2D eigenvalue weighted by molar-refractivity contribution is 5.69. The van der Waals surface area contributed by atoms with E-state index in [0.717, 1.165) is 19.4 Å². The van der Waals surface area contributed by atoms with Gasteiger partial charge in [-0.2, -0.15) is 0 Å².